The van der Waals surface area contributed by atoms with Crippen LogP contribution in [0, 0.1) is 0 Å². The van der Waals surface area contributed by atoms with Crippen molar-refractivity contribution in [2.75, 3.05) is 6.54 Å². The van der Waals surface area contributed by atoms with Gasteiger partial charge in [0.25, 0.3) is 5.91 Å². The third kappa shape index (κ3) is 5.23. The predicted octanol–water partition coefficient (Wildman–Crippen LogP) is 3.55. The lowest BCUT2D eigenvalue weighted by Crippen LogP contribution is -2.50. The molecule has 9 heteroatoms. The second-order valence-electron chi connectivity index (χ2n) is 6.96. The number of carboxylic acid groups (broad SMARTS) is 1. The molecule has 1 aliphatic rings. The molecule has 2 aromatic rings. The van der Waals surface area contributed by atoms with Crippen molar-refractivity contribution in [3.63, 3.8) is 0 Å². The minimum atomic E-state index is -1.35. The number of hydrogen-bond acceptors (Lipinski definition) is 3. The summed E-state index contributed by atoms with van der Waals surface area (Å²) in [5, 5.41) is 17.4. The van der Waals surface area contributed by atoms with Gasteiger partial charge in [0.2, 0.25) is 0 Å². The Morgan fingerprint density at radius 3 is 2.47 bits per heavy atom. The number of carboxylic acids is 1. The first-order chi connectivity index (χ1) is 14.4. The van der Waals surface area contributed by atoms with Gasteiger partial charge in [0.05, 0.1) is 28.2 Å². The first-order valence-corrected chi connectivity index (χ1v) is 10.2. The summed E-state index contributed by atoms with van der Waals surface area (Å²) in [5.74, 6) is -2.03. The van der Waals surface area contributed by atoms with Gasteiger partial charge >= 0.3 is 12.0 Å². The van der Waals surface area contributed by atoms with E-state index in [-0.39, 0.29) is 28.2 Å². The number of carbonyl (C=O) groups excluding carboxylic acids is 2. The Hall–Kier alpha value is -2.77. The maximum absolute atomic E-state index is 12.4. The lowest BCUT2D eigenvalue weighted by Gasteiger charge is -2.26. The van der Waals surface area contributed by atoms with E-state index >= 15 is 0 Å². The average molecular weight is 450 g/mol. The highest BCUT2D eigenvalue weighted by molar-refractivity contribution is 6.39. The molecule has 3 rings (SSSR count). The van der Waals surface area contributed by atoms with Gasteiger partial charge in [-0.3, -0.25) is 4.79 Å². The molecule has 1 aliphatic carbocycles. The lowest BCUT2D eigenvalue weighted by atomic mass is 9.88. The minimum Gasteiger partial charge on any atom is -0.480 e. The van der Waals surface area contributed by atoms with E-state index < -0.39 is 23.9 Å². The van der Waals surface area contributed by atoms with Crippen LogP contribution < -0.4 is 16.0 Å². The molecule has 0 saturated carbocycles. The van der Waals surface area contributed by atoms with Gasteiger partial charge in [-0.1, -0.05) is 53.5 Å². The van der Waals surface area contributed by atoms with Crippen LogP contribution in [0.1, 0.15) is 40.4 Å². The van der Waals surface area contributed by atoms with Crippen LogP contribution in [-0.4, -0.2) is 35.6 Å². The SMILES string of the molecule is O=C(NCC(NC(=O)c1c(Cl)cccc1Cl)C(=O)O)NC1CCCc2ccccc21. The quantitative estimate of drug-likeness (QED) is 0.540. The number of amides is 3. The minimum absolute atomic E-state index is 0.0182. The van der Waals surface area contributed by atoms with E-state index in [1.807, 2.05) is 24.3 Å². The van der Waals surface area contributed by atoms with Crippen molar-refractivity contribution in [2.24, 2.45) is 0 Å². The number of halogens is 2. The Morgan fingerprint density at radius 1 is 1.07 bits per heavy atom. The van der Waals surface area contributed by atoms with Gasteiger partial charge in [-0.05, 0) is 42.5 Å². The highest BCUT2D eigenvalue weighted by Crippen LogP contribution is 2.29. The predicted molar refractivity (Wildman–Crippen MR) is 114 cm³/mol. The van der Waals surface area contributed by atoms with Crippen molar-refractivity contribution in [1.82, 2.24) is 16.0 Å². The van der Waals surface area contributed by atoms with E-state index in [4.69, 9.17) is 23.2 Å². The standard InChI is InChI=1S/C21H21Cl2N3O4/c22-14-8-4-9-15(23)18(14)19(27)25-17(20(28)29)11-24-21(30)26-16-10-3-6-12-5-1-2-7-13(12)16/h1-2,4-5,7-9,16-17H,3,6,10-11H2,(H,25,27)(H,28,29)(H2,24,26,30). The molecule has 158 valence electrons. The van der Waals surface area contributed by atoms with Gasteiger partial charge < -0.3 is 21.1 Å². The smallest absolute Gasteiger partial charge is 0.328 e. The molecular weight excluding hydrogens is 429 g/mol. The molecule has 2 unspecified atom stereocenters. The number of aryl methyl sites for hydroxylation is 1. The van der Waals surface area contributed by atoms with Crippen LogP contribution in [-0.2, 0) is 11.2 Å². The van der Waals surface area contributed by atoms with Crippen LogP contribution in [0.15, 0.2) is 42.5 Å². The van der Waals surface area contributed by atoms with Crippen LogP contribution in [0.2, 0.25) is 10.0 Å². The highest BCUT2D eigenvalue weighted by atomic mass is 35.5. The number of urea groups is 1. The molecule has 0 bridgehead atoms. The molecular formula is C21H21Cl2N3O4. The van der Waals surface area contributed by atoms with Crippen LogP contribution in [0.3, 0.4) is 0 Å². The lowest BCUT2D eigenvalue weighted by molar-refractivity contribution is -0.139. The number of hydrogen-bond donors (Lipinski definition) is 4. The second-order valence-corrected chi connectivity index (χ2v) is 7.77. The van der Waals surface area contributed by atoms with E-state index in [1.54, 1.807) is 6.07 Å². The van der Waals surface area contributed by atoms with Crippen molar-refractivity contribution in [1.29, 1.82) is 0 Å². The normalized spacial score (nSPS) is 16.1. The summed E-state index contributed by atoms with van der Waals surface area (Å²) in [5.41, 5.74) is 2.24. The molecule has 7 nitrogen and oxygen atoms in total. The zero-order chi connectivity index (χ0) is 21.7. The van der Waals surface area contributed by atoms with Crippen LogP contribution >= 0.6 is 23.2 Å². The number of aliphatic carboxylic acids is 1. The molecule has 4 N–H and O–H groups in total. The fourth-order valence-corrected chi connectivity index (χ4v) is 4.02. The van der Waals surface area contributed by atoms with Gasteiger partial charge in [0, 0.05) is 0 Å². The Kier molecular flexibility index (Phi) is 7.18. The van der Waals surface area contributed by atoms with Crippen LogP contribution in [0.25, 0.3) is 0 Å². The zero-order valence-electron chi connectivity index (χ0n) is 16.0. The molecule has 0 heterocycles. The summed E-state index contributed by atoms with van der Waals surface area (Å²) in [6, 6.07) is 10.4. The van der Waals surface area contributed by atoms with Gasteiger partial charge in [0.15, 0.2) is 0 Å². The van der Waals surface area contributed by atoms with Crippen molar-refractivity contribution < 1.29 is 19.5 Å². The van der Waals surface area contributed by atoms with Gasteiger partial charge in [-0.25, -0.2) is 9.59 Å². The number of fused-ring (bicyclic) bond motifs is 1. The number of benzene rings is 2. The molecule has 2 aromatic carbocycles. The summed E-state index contributed by atoms with van der Waals surface area (Å²) < 4.78 is 0. The van der Waals surface area contributed by atoms with Gasteiger partial charge in [-0.2, -0.15) is 0 Å². The van der Waals surface area contributed by atoms with Crippen molar-refractivity contribution >= 4 is 41.1 Å². The number of carbonyl (C=O) groups is 3. The summed E-state index contributed by atoms with van der Waals surface area (Å²) in [7, 11) is 0. The van der Waals surface area contributed by atoms with E-state index in [1.165, 1.54) is 17.7 Å². The molecule has 30 heavy (non-hydrogen) atoms. The largest absolute Gasteiger partial charge is 0.480 e. The van der Waals surface area contributed by atoms with E-state index in [2.05, 4.69) is 16.0 Å². The zero-order valence-corrected chi connectivity index (χ0v) is 17.5. The Bertz CT molecular complexity index is 947. The molecule has 2 atom stereocenters. The summed E-state index contributed by atoms with van der Waals surface area (Å²) in [6.07, 6.45) is 2.72. The van der Waals surface area contributed by atoms with E-state index in [0.717, 1.165) is 24.8 Å². The molecule has 0 spiro atoms. The first kappa shape index (κ1) is 21.9. The summed E-state index contributed by atoms with van der Waals surface area (Å²) >= 11 is 12.0. The fourth-order valence-electron chi connectivity index (χ4n) is 3.45. The number of rotatable bonds is 6. The number of nitrogens with one attached hydrogen (secondary N) is 3. The summed E-state index contributed by atoms with van der Waals surface area (Å²) in [6.45, 7) is -0.302. The first-order valence-electron chi connectivity index (χ1n) is 9.46. The van der Waals surface area contributed by atoms with Gasteiger partial charge in [-0.15, -0.1) is 0 Å². The highest BCUT2D eigenvalue weighted by Gasteiger charge is 2.25. The molecule has 3 amide bonds. The monoisotopic (exact) mass is 449 g/mol. The molecule has 0 aromatic heterocycles. The molecule has 0 radical (unpaired) electrons. The van der Waals surface area contributed by atoms with E-state index in [0.29, 0.717) is 0 Å². The maximum Gasteiger partial charge on any atom is 0.328 e. The van der Waals surface area contributed by atoms with Crippen molar-refractivity contribution in [3.8, 4) is 0 Å². The molecule has 0 fully saturated rings. The third-order valence-electron chi connectivity index (χ3n) is 4.93. The average Bonchev–Trinajstić information content (AvgIpc) is 2.71. The molecule has 0 aliphatic heterocycles. The van der Waals surface area contributed by atoms with Crippen LogP contribution in [0.5, 0.6) is 0 Å². The fraction of sp³-hybridized carbons (Fsp3) is 0.286. The Labute approximate surface area is 183 Å². The maximum atomic E-state index is 12.4. The Balaban J connectivity index is 1.59. The second kappa shape index (κ2) is 9.82. The van der Waals surface area contributed by atoms with Crippen molar-refractivity contribution in [2.45, 2.75) is 31.3 Å². The molecule has 0 saturated heterocycles. The topological polar surface area (TPSA) is 108 Å². The van der Waals surface area contributed by atoms with Crippen LogP contribution in [0.4, 0.5) is 4.79 Å². The van der Waals surface area contributed by atoms with Gasteiger partial charge in [0.1, 0.15) is 6.04 Å². The Morgan fingerprint density at radius 2 is 1.77 bits per heavy atom. The van der Waals surface area contributed by atoms with Crippen molar-refractivity contribution in [3.05, 3.63) is 69.2 Å². The third-order valence-corrected chi connectivity index (χ3v) is 5.56. The van der Waals surface area contributed by atoms with E-state index in [9.17, 15) is 19.5 Å². The summed E-state index contributed by atoms with van der Waals surface area (Å²) in [4.78, 5) is 36.3.